The average molecular weight is 526 g/mol. The molecule has 0 bridgehead atoms. The van der Waals surface area contributed by atoms with E-state index in [1.807, 2.05) is 27.7 Å². The fraction of sp³-hybridized carbons (Fsp3) is 0.486. The summed E-state index contributed by atoms with van der Waals surface area (Å²) in [7, 11) is 2.13. The Bertz CT molecular complexity index is 1530. The summed E-state index contributed by atoms with van der Waals surface area (Å²) in [5, 5.41) is 0. The molecule has 0 saturated heterocycles. The number of fused-ring (bicyclic) bond motifs is 1. The first-order valence-corrected chi connectivity index (χ1v) is 14.5. The highest BCUT2D eigenvalue weighted by atomic mass is 15.2. The predicted octanol–water partition coefficient (Wildman–Crippen LogP) is 10.1. The molecule has 0 saturated carbocycles. The van der Waals surface area contributed by atoms with Crippen LogP contribution in [0.3, 0.4) is 0 Å². The smallest absolute Gasteiger partial charge is 0.229 e. The Morgan fingerprint density at radius 1 is 0.692 bits per heavy atom. The van der Waals surface area contributed by atoms with E-state index in [0.29, 0.717) is 0 Å². The quantitative estimate of drug-likeness (QED) is 0.229. The molecule has 0 amide bonds. The molecule has 0 radical (unpaired) electrons. The highest BCUT2D eigenvalue weighted by Crippen LogP contribution is 2.40. The van der Waals surface area contributed by atoms with Crippen molar-refractivity contribution < 1.29 is 7.31 Å². The van der Waals surface area contributed by atoms with Gasteiger partial charge < -0.3 is 0 Å². The average Bonchev–Trinajstić information content (AvgIpc) is 3.13. The number of hydrogen-bond donors (Lipinski definition) is 0. The molecule has 0 fully saturated rings. The molecule has 0 aliphatic heterocycles. The van der Waals surface area contributed by atoms with Crippen molar-refractivity contribution >= 4 is 11.0 Å². The molecule has 0 N–H and O–H groups in total. The van der Waals surface area contributed by atoms with Crippen LogP contribution in [-0.4, -0.2) is 4.57 Å². The zero-order valence-electron chi connectivity index (χ0n) is 28.7. The number of aromatic nitrogens is 2. The van der Waals surface area contributed by atoms with Gasteiger partial charge in [-0.05, 0) is 69.1 Å². The molecule has 0 unspecified atom stereocenters. The van der Waals surface area contributed by atoms with Crippen molar-refractivity contribution in [3.8, 4) is 16.8 Å². The second-order valence-electron chi connectivity index (χ2n) is 14.1. The molecule has 39 heavy (non-hydrogen) atoms. The summed E-state index contributed by atoms with van der Waals surface area (Å²) in [6.07, 6.45) is 0. The highest BCUT2D eigenvalue weighted by Gasteiger charge is 2.32. The fourth-order valence-corrected chi connectivity index (χ4v) is 5.68. The number of imidazole rings is 1. The Morgan fingerprint density at radius 2 is 1.15 bits per heavy atom. The summed E-state index contributed by atoms with van der Waals surface area (Å²) in [4.78, 5) is 0. The van der Waals surface area contributed by atoms with E-state index in [-0.39, 0.29) is 16.7 Å². The van der Waals surface area contributed by atoms with E-state index in [2.05, 4.69) is 126 Å². The van der Waals surface area contributed by atoms with Crippen LogP contribution in [0.15, 0.2) is 54.6 Å². The van der Waals surface area contributed by atoms with Crippen LogP contribution in [0.1, 0.15) is 132 Å². The molecule has 3 aromatic carbocycles. The second-order valence-corrected chi connectivity index (χ2v) is 14.1. The number of hydrogen-bond acceptors (Lipinski definition) is 0. The molecule has 1 heterocycles. The minimum atomic E-state index is -0.891. The number of benzene rings is 3. The van der Waals surface area contributed by atoms with E-state index < -0.39 is 11.8 Å². The van der Waals surface area contributed by atoms with Crippen LogP contribution < -0.4 is 4.57 Å². The van der Waals surface area contributed by atoms with Gasteiger partial charge in [-0.1, -0.05) is 113 Å². The normalized spacial score (nSPS) is 14.2. The lowest BCUT2D eigenvalue weighted by Gasteiger charge is -2.27. The molecule has 0 atom stereocenters. The SMILES string of the molecule is [2H]C(C)(C)c1cc(-c2cc(C(C)(C)C)cc(C(C)(C)C)c2)cc(C([2H])(C)C)c1-n1c(C(C)C)[n+](C)c2ccccc21. The van der Waals surface area contributed by atoms with E-state index in [9.17, 15) is 2.74 Å². The van der Waals surface area contributed by atoms with Gasteiger partial charge in [0, 0.05) is 13.9 Å². The summed E-state index contributed by atoms with van der Waals surface area (Å²) in [5.74, 6) is -0.372. The molecule has 4 rings (SSSR count). The highest BCUT2D eigenvalue weighted by molar-refractivity contribution is 5.78. The topological polar surface area (TPSA) is 8.81 Å². The van der Waals surface area contributed by atoms with E-state index in [1.165, 1.54) is 17.0 Å². The number of para-hydroxylation sites is 2. The standard InChI is InChI=1S/C37H51N2/c1-23(2)30-20-27(26-18-28(36(7,8)9)22-29(19-26)37(10,11)12)21-31(24(3)4)34(30)39-33-17-15-14-16-32(33)38(13)35(39)25(5)6/h14-25H,1-13H3/q+1/i23D,24D. The monoisotopic (exact) mass is 525 g/mol. The van der Waals surface area contributed by atoms with Gasteiger partial charge >= 0.3 is 0 Å². The Kier molecular flexibility index (Phi) is 6.94. The number of nitrogens with zero attached hydrogens (tertiary/aromatic N) is 2. The maximum absolute atomic E-state index is 9.42. The molecule has 1 aromatic heterocycles. The molecular weight excluding hydrogens is 472 g/mol. The third-order valence-corrected chi connectivity index (χ3v) is 7.98. The molecule has 0 spiro atoms. The van der Waals surface area contributed by atoms with Gasteiger partial charge in [0.2, 0.25) is 0 Å². The summed E-state index contributed by atoms with van der Waals surface area (Å²) in [5.41, 5.74) is 9.91. The lowest BCUT2D eigenvalue weighted by atomic mass is 9.78. The Balaban J connectivity index is 2.21. The number of rotatable bonds is 5. The van der Waals surface area contributed by atoms with Crippen molar-refractivity contribution in [1.29, 1.82) is 0 Å². The third kappa shape index (κ3) is 5.45. The molecule has 2 heteroatoms. The minimum absolute atomic E-state index is 0.00400. The Morgan fingerprint density at radius 3 is 1.59 bits per heavy atom. The first-order chi connectivity index (χ1) is 18.6. The van der Waals surface area contributed by atoms with Crippen molar-refractivity contribution in [2.75, 3.05) is 0 Å². The summed E-state index contributed by atoms with van der Waals surface area (Å²) in [6, 6.07) is 19.9. The van der Waals surface area contributed by atoms with Crippen LogP contribution in [0, 0.1) is 0 Å². The lowest BCUT2D eigenvalue weighted by Crippen LogP contribution is -2.34. The van der Waals surface area contributed by atoms with Crippen LogP contribution >= 0.6 is 0 Å². The van der Waals surface area contributed by atoms with Gasteiger partial charge in [-0.2, -0.15) is 4.57 Å². The maximum Gasteiger partial charge on any atom is 0.265 e. The van der Waals surface area contributed by atoms with Crippen molar-refractivity contribution in [2.24, 2.45) is 7.05 Å². The van der Waals surface area contributed by atoms with Crippen molar-refractivity contribution in [3.63, 3.8) is 0 Å². The van der Waals surface area contributed by atoms with Crippen molar-refractivity contribution in [1.82, 2.24) is 4.57 Å². The Hall–Kier alpha value is -2.87. The van der Waals surface area contributed by atoms with Crippen LogP contribution in [0.25, 0.3) is 27.8 Å². The predicted molar refractivity (Wildman–Crippen MR) is 170 cm³/mol. The molecule has 4 aromatic rings. The van der Waals surface area contributed by atoms with Gasteiger partial charge in [0.1, 0.15) is 5.69 Å². The first kappa shape index (κ1) is 26.4. The minimum Gasteiger partial charge on any atom is -0.229 e. The van der Waals surface area contributed by atoms with E-state index in [4.69, 9.17) is 0 Å². The van der Waals surface area contributed by atoms with E-state index in [0.717, 1.165) is 39.0 Å². The van der Waals surface area contributed by atoms with Crippen LogP contribution in [0.4, 0.5) is 0 Å². The number of aryl methyl sites for hydroxylation is 1. The zero-order chi connectivity index (χ0) is 30.9. The Labute approximate surface area is 240 Å². The summed E-state index contributed by atoms with van der Waals surface area (Å²) in [6.45, 7) is 26.0. The van der Waals surface area contributed by atoms with Gasteiger partial charge in [-0.3, -0.25) is 0 Å². The molecular formula is C37H51N2+. The molecule has 208 valence electrons. The largest absolute Gasteiger partial charge is 0.265 e. The van der Waals surface area contributed by atoms with E-state index in [1.54, 1.807) is 0 Å². The maximum atomic E-state index is 9.42. The van der Waals surface area contributed by atoms with Gasteiger partial charge in [0.15, 0.2) is 11.0 Å². The van der Waals surface area contributed by atoms with Crippen molar-refractivity contribution in [3.05, 3.63) is 82.7 Å². The molecule has 0 aliphatic carbocycles. The zero-order valence-corrected chi connectivity index (χ0v) is 26.7. The third-order valence-electron chi connectivity index (χ3n) is 7.98. The van der Waals surface area contributed by atoms with Gasteiger partial charge in [-0.15, -0.1) is 0 Å². The van der Waals surface area contributed by atoms with Gasteiger partial charge in [-0.25, -0.2) is 4.57 Å². The molecule has 2 nitrogen and oxygen atoms in total. The van der Waals surface area contributed by atoms with Gasteiger partial charge in [0.05, 0.1) is 13.0 Å². The lowest BCUT2D eigenvalue weighted by molar-refractivity contribution is -0.654. The van der Waals surface area contributed by atoms with Gasteiger partial charge in [0.25, 0.3) is 5.82 Å². The van der Waals surface area contributed by atoms with Crippen molar-refractivity contribution in [2.45, 2.75) is 112 Å². The summed E-state index contributed by atoms with van der Waals surface area (Å²) >= 11 is 0. The first-order valence-electron chi connectivity index (χ1n) is 15.5. The summed E-state index contributed by atoms with van der Waals surface area (Å²) < 4.78 is 23.5. The fourth-order valence-electron chi connectivity index (χ4n) is 5.68. The van der Waals surface area contributed by atoms with Crippen LogP contribution in [0.2, 0.25) is 0 Å². The molecule has 0 aliphatic rings. The van der Waals surface area contributed by atoms with Crippen LogP contribution in [0.5, 0.6) is 0 Å². The van der Waals surface area contributed by atoms with Crippen LogP contribution in [-0.2, 0) is 17.9 Å². The second kappa shape index (κ2) is 10.3. The van der Waals surface area contributed by atoms with E-state index >= 15 is 0 Å².